The number of benzene rings is 2. The van der Waals surface area contributed by atoms with Gasteiger partial charge in [-0.3, -0.25) is 9.59 Å². The molecule has 2 aromatic carbocycles. The van der Waals surface area contributed by atoms with Crippen LogP contribution in [-0.2, 0) is 16.1 Å². The van der Waals surface area contributed by atoms with E-state index >= 15 is 0 Å². The highest BCUT2D eigenvalue weighted by atomic mass is 35.5. The van der Waals surface area contributed by atoms with Crippen molar-refractivity contribution in [2.45, 2.75) is 71.0 Å². The number of carbonyl (C=O) groups excluding carboxylic acids is 2. The number of carbonyl (C=O) groups is 2. The monoisotopic (exact) mass is 490 g/mol. The van der Waals surface area contributed by atoms with Gasteiger partial charge in [0.15, 0.2) is 0 Å². The third-order valence-corrected chi connectivity index (χ3v) is 6.64. The Morgan fingerprint density at radius 2 is 1.82 bits per heavy atom. The third-order valence-electron chi connectivity index (χ3n) is 6.05. The van der Waals surface area contributed by atoms with Crippen LogP contribution in [0.2, 0.25) is 10.0 Å². The number of hydrogen-bond acceptors (Lipinski definition) is 3. The van der Waals surface area contributed by atoms with E-state index in [1.807, 2.05) is 31.2 Å². The summed E-state index contributed by atoms with van der Waals surface area (Å²) in [4.78, 5) is 27.7. The van der Waals surface area contributed by atoms with Gasteiger partial charge in [0.2, 0.25) is 11.8 Å². The first-order chi connectivity index (χ1) is 15.8. The highest BCUT2D eigenvalue weighted by Crippen LogP contribution is 2.24. The van der Waals surface area contributed by atoms with E-state index in [2.05, 4.69) is 5.32 Å². The van der Waals surface area contributed by atoms with Crippen LogP contribution in [-0.4, -0.2) is 35.4 Å². The molecule has 2 aromatic rings. The second-order valence-corrected chi connectivity index (χ2v) is 9.53. The molecular weight excluding hydrogens is 459 g/mol. The smallest absolute Gasteiger partial charge is 0.242 e. The molecule has 7 heteroatoms. The molecule has 5 nitrogen and oxygen atoms in total. The van der Waals surface area contributed by atoms with Crippen LogP contribution in [0.1, 0.15) is 56.6 Å². The van der Waals surface area contributed by atoms with Crippen LogP contribution in [0.25, 0.3) is 0 Å². The Hall–Kier alpha value is -2.24. The fourth-order valence-corrected chi connectivity index (χ4v) is 4.47. The summed E-state index contributed by atoms with van der Waals surface area (Å²) < 4.78 is 5.75. The molecule has 178 valence electrons. The molecule has 1 atom stereocenters. The maximum Gasteiger partial charge on any atom is 0.242 e. The molecule has 2 amide bonds. The number of nitrogens with zero attached hydrogens (tertiary/aromatic N) is 1. The molecule has 0 aromatic heterocycles. The van der Waals surface area contributed by atoms with E-state index in [9.17, 15) is 9.59 Å². The number of halogens is 2. The van der Waals surface area contributed by atoms with Crippen LogP contribution in [0, 0.1) is 6.92 Å². The minimum absolute atomic E-state index is 0.109. The van der Waals surface area contributed by atoms with Crippen molar-refractivity contribution in [3.63, 3.8) is 0 Å². The minimum Gasteiger partial charge on any atom is -0.494 e. The van der Waals surface area contributed by atoms with Gasteiger partial charge in [-0.2, -0.15) is 0 Å². The lowest BCUT2D eigenvalue weighted by atomic mass is 10.1. The van der Waals surface area contributed by atoms with E-state index in [1.165, 1.54) is 5.56 Å². The average molecular weight is 491 g/mol. The van der Waals surface area contributed by atoms with Gasteiger partial charge < -0.3 is 15.0 Å². The van der Waals surface area contributed by atoms with Gasteiger partial charge in [-0.05, 0) is 62.9 Å². The quantitative estimate of drug-likeness (QED) is 0.419. The van der Waals surface area contributed by atoms with Gasteiger partial charge in [0.05, 0.1) is 6.61 Å². The predicted octanol–water partition coefficient (Wildman–Crippen LogP) is 5.94. The van der Waals surface area contributed by atoms with Crippen molar-refractivity contribution in [2.24, 2.45) is 0 Å². The molecular formula is C26H32Cl2N2O3. The highest BCUT2D eigenvalue weighted by Gasteiger charge is 2.28. The van der Waals surface area contributed by atoms with Crippen molar-refractivity contribution in [3.05, 3.63) is 63.6 Å². The van der Waals surface area contributed by atoms with Gasteiger partial charge in [0.25, 0.3) is 0 Å². The summed E-state index contributed by atoms with van der Waals surface area (Å²) in [7, 11) is 0. The summed E-state index contributed by atoms with van der Waals surface area (Å²) in [5.41, 5.74) is 1.92. The zero-order valence-corrected chi connectivity index (χ0v) is 20.8. The molecule has 0 spiro atoms. The molecule has 1 saturated carbocycles. The lowest BCUT2D eigenvalue weighted by Crippen LogP contribution is -2.49. The second-order valence-electron chi connectivity index (χ2n) is 8.69. The summed E-state index contributed by atoms with van der Waals surface area (Å²) in [6.45, 7) is 4.46. The fourth-order valence-electron chi connectivity index (χ4n) is 4.00. The van der Waals surface area contributed by atoms with E-state index in [0.29, 0.717) is 23.1 Å². The van der Waals surface area contributed by atoms with Crippen molar-refractivity contribution in [2.75, 3.05) is 6.61 Å². The fraction of sp³-hybridized carbons (Fsp3) is 0.462. The van der Waals surface area contributed by atoms with Crippen LogP contribution in [0.5, 0.6) is 5.75 Å². The average Bonchev–Trinajstić information content (AvgIpc) is 3.30. The van der Waals surface area contributed by atoms with Gasteiger partial charge in [-0.1, -0.05) is 59.8 Å². The van der Waals surface area contributed by atoms with E-state index in [0.717, 1.165) is 37.0 Å². The van der Waals surface area contributed by atoms with Gasteiger partial charge >= 0.3 is 0 Å². The lowest BCUT2D eigenvalue weighted by molar-refractivity contribution is -0.141. The Labute approximate surface area is 206 Å². The standard InChI is InChI=1S/C26H32Cl2N2O3/c1-18-9-13-23(14-10-18)33-15-5-8-25(31)30(17-20-11-12-21(27)16-24(20)28)19(2)26(32)29-22-6-3-4-7-22/h9-14,16,19,22H,3-8,15,17H2,1-2H3,(H,29,32)/t19-/m0/s1. The zero-order valence-electron chi connectivity index (χ0n) is 19.3. The van der Waals surface area contributed by atoms with Crippen LogP contribution in [0.3, 0.4) is 0 Å². The van der Waals surface area contributed by atoms with Gasteiger partial charge in [-0.15, -0.1) is 0 Å². The Bertz CT molecular complexity index is 943. The zero-order chi connectivity index (χ0) is 23.8. The molecule has 0 unspecified atom stereocenters. The molecule has 1 aliphatic carbocycles. The van der Waals surface area contributed by atoms with Gasteiger partial charge in [-0.25, -0.2) is 0 Å². The summed E-state index contributed by atoms with van der Waals surface area (Å²) in [6, 6.07) is 12.6. The topological polar surface area (TPSA) is 58.6 Å². The Kier molecular flexibility index (Phi) is 9.45. The molecule has 0 saturated heterocycles. The molecule has 1 fully saturated rings. The first-order valence-corrected chi connectivity index (χ1v) is 12.3. The maximum absolute atomic E-state index is 13.2. The third kappa shape index (κ3) is 7.65. The number of amides is 2. The van der Waals surface area contributed by atoms with E-state index in [4.69, 9.17) is 27.9 Å². The molecule has 0 heterocycles. The van der Waals surface area contributed by atoms with Crippen LogP contribution >= 0.6 is 23.2 Å². The van der Waals surface area contributed by atoms with E-state index < -0.39 is 6.04 Å². The molecule has 1 N–H and O–H groups in total. The largest absolute Gasteiger partial charge is 0.494 e. The molecule has 33 heavy (non-hydrogen) atoms. The second kappa shape index (κ2) is 12.3. The van der Waals surface area contributed by atoms with Crippen molar-refractivity contribution in [3.8, 4) is 5.75 Å². The Morgan fingerprint density at radius 1 is 1.12 bits per heavy atom. The first-order valence-electron chi connectivity index (χ1n) is 11.6. The summed E-state index contributed by atoms with van der Waals surface area (Å²) >= 11 is 12.4. The lowest BCUT2D eigenvalue weighted by Gasteiger charge is -2.30. The number of ether oxygens (including phenoxy) is 1. The molecule has 0 radical (unpaired) electrons. The maximum atomic E-state index is 13.2. The van der Waals surface area contributed by atoms with Crippen molar-refractivity contribution in [1.82, 2.24) is 10.2 Å². The first kappa shape index (κ1) is 25.4. The Balaban J connectivity index is 1.63. The number of nitrogens with one attached hydrogen (secondary N) is 1. The highest BCUT2D eigenvalue weighted by molar-refractivity contribution is 6.35. The Morgan fingerprint density at radius 3 is 2.48 bits per heavy atom. The van der Waals surface area contributed by atoms with Crippen LogP contribution < -0.4 is 10.1 Å². The molecule has 3 rings (SSSR count). The minimum atomic E-state index is -0.608. The number of rotatable bonds is 10. The molecule has 0 bridgehead atoms. The summed E-state index contributed by atoms with van der Waals surface area (Å²) in [6.07, 6.45) is 5.07. The van der Waals surface area contributed by atoms with Crippen molar-refractivity contribution >= 4 is 35.0 Å². The SMILES string of the molecule is Cc1ccc(OCCCC(=O)N(Cc2ccc(Cl)cc2Cl)[C@@H](C)C(=O)NC2CCCC2)cc1. The summed E-state index contributed by atoms with van der Waals surface area (Å²) in [5.74, 6) is 0.543. The van der Waals surface area contributed by atoms with Gasteiger partial charge in [0, 0.05) is 29.1 Å². The predicted molar refractivity (Wildman–Crippen MR) is 133 cm³/mol. The van der Waals surface area contributed by atoms with Crippen LogP contribution in [0.4, 0.5) is 0 Å². The molecule has 0 aliphatic heterocycles. The summed E-state index contributed by atoms with van der Waals surface area (Å²) in [5, 5.41) is 4.11. The normalized spacial score (nSPS) is 14.7. The van der Waals surface area contributed by atoms with Crippen molar-refractivity contribution < 1.29 is 14.3 Å². The van der Waals surface area contributed by atoms with Crippen LogP contribution in [0.15, 0.2) is 42.5 Å². The van der Waals surface area contributed by atoms with E-state index in [-0.39, 0.29) is 30.8 Å². The number of hydrogen-bond donors (Lipinski definition) is 1. The number of aryl methyl sites for hydroxylation is 1. The van der Waals surface area contributed by atoms with Gasteiger partial charge in [0.1, 0.15) is 11.8 Å². The van der Waals surface area contributed by atoms with E-state index in [1.54, 1.807) is 30.0 Å². The van der Waals surface area contributed by atoms with Crippen molar-refractivity contribution in [1.29, 1.82) is 0 Å². The molecule has 1 aliphatic rings.